The zero-order chi connectivity index (χ0) is 14.8. The summed E-state index contributed by atoms with van der Waals surface area (Å²) in [5.74, 6) is 0.604. The van der Waals surface area contributed by atoms with Crippen LogP contribution in [0.5, 0.6) is 5.75 Å². The van der Waals surface area contributed by atoms with Gasteiger partial charge in [-0.2, -0.15) is 0 Å². The Labute approximate surface area is 131 Å². The van der Waals surface area contributed by atoms with Crippen molar-refractivity contribution in [2.75, 3.05) is 17.2 Å². The van der Waals surface area contributed by atoms with Gasteiger partial charge in [-0.05, 0) is 42.3 Å². The normalized spacial score (nSPS) is 13.1. The first kappa shape index (κ1) is 13.9. The fourth-order valence-electron chi connectivity index (χ4n) is 2.24. The number of anilines is 2. The highest BCUT2D eigenvalue weighted by molar-refractivity contribution is 9.10. The summed E-state index contributed by atoms with van der Waals surface area (Å²) in [5, 5.41) is 6.22. The predicted octanol–water partition coefficient (Wildman–Crippen LogP) is 3.70. The highest BCUT2D eigenvalue weighted by Gasteiger charge is 2.15. The molecule has 0 unspecified atom stereocenters. The van der Waals surface area contributed by atoms with Gasteiger partial charge in [0.2, 0.25) is 0 Å². The summed E-state index contributed by atoms with van der Waals surface area (Å²) in [6, 6.07) is 11.9. The van der Waals surface area contributed by atoms with Gasteiger partial charge in [-0.3, -0.25) is 4.79 Å². The summed E-state index contributed by atoms with van der Waals surface area (Å²) in [6.07, 6.45) is 0. The van der Waals surface area contributed by atoms with Crippen molar-refractivity contribution >= 4 is 33.2 Å². The third-order valence-corrected chi connectivity index (χ3v) is 4.29. The summed E-state index contributed by atoms with van der Waals surface area (Å²) >= 11 is 3.52. The van der Waals surface area contributed by atoms with Gasteiger partial charge < -0.3 is 15.4 Å². The van der Waals surface area contributed by atoms with Crippen molar-refractivity contribution in [2.45, 2.75) is 13.5 Å². The molecule has 0 aromatic heterocycles. The Hall–Kier alpha value is -2.01. The van der Waals surface area contributed by atoms with Crippen LogP contribution in [0.15, 0.2) is 40.9 Å². The molecule has 108 valence electrons. The molecule has 0 radical (unpaired) electrons. The number of carbonyl (C=O) groups excluding carboxylic acids is 1. The van der Waals surface area contributed by atoms with E-state index in [2.05, 4.69) is 33.5 Å². The highest BCUT2D eigenvalue weighted by atomic mass is 79.9. The number of fused-ring (bicyclic) bond motifs is 1. The van der Waals surface area contributed by atoms with Gasteiger partial charge in [0.05, 0.1) is 5.69 Å². The second-order valence-corrected chi connectivity index (χ2v) is 5.79. The molecule has 2 aromatic rings. The van der Waals surface area contributed by atoms with E-state index in [0.29, 0.717) is 6.54 Å². The van der Waals surface area contributed by atoms with Crippen molar-refractivity contribution in [3.63, 3.8) is 0 Å². The van der Waals surface area contributed by atoms with Crippen LogP contribution in [0, 0.1) is 6.92 Å². The van der Waals surface area contributed by atoms with E-state index in [1.807, 2.05) is 36.4 Å². The molecule has 3 rings (SSSR count). The number of ether oxygens (including phenoxy) is 1. The molecule has 2 aromatic carbocycles. The van der Waals surface area contributed by atoms with Crippen LogP contribution >= 0.6 is 15.9 Å². The average Bonchev–Trinajstić information content (AvgIpc) is 2.48. The van der Waals surface area contributed by atoms with Crippen molar-refractivity contribution in [3.8, 4) is 5.75 Å². The first-order chi connectivity index (χ1) is 10.1. The molecule has 0 saturated carbocycles. The predicted molar refractivity (Wildman–Crippen MR) is 86.8 cm³/mol. The second-order valence-electron chi connectivity index (χ2n) is 4.93. The Bertz CT molecular complexity index is 701. The molecule has 0 saturated heterocycles. The molecule has 1 heterocycles. The number of halogens is 1. The van der Waals surface area contributed by atoms with Gasteiger partial charge in [0.25, 0.3) is 5.91 Å². The zero-order valence-corrected chi connectivity index (χ0v) is 13.2. The fourth-order valence-corrected chi connectivity index (χ4v) is 2.60. The molecular formula is C16H15BrN2O2. The Morgan fingerprint density at radius 3 is 3.05 bits per heavy atom. The molecular weight excluding hydrogens is 332 g/mol. The summed E-state index contributed by atoms with van der Waals surface area (Å²) in [4.78, 5) is 11.3. The molecule has 1 aliphatic heterocycles. The van der Waals surface area contributed by atoms with E-state index in [0.717, 1.165) is 27.2 Å². The van der Waals surface area contributed by atoms with Crippen molar-refractivity contribution in [1.29, 1.82) is 0 Å². The van der Waals surface area contributed by atoms with E-state index in [1.165, 1.54) is 5.56 Å². The Balaban J connectivity index is 1.75. The lowest BCUT2D eigenvalue weighted by molar-refractivity contribution is -0.118. The lowest BCUT2D eigenvalue weighted by Gasteiger charge is -2.19. The van der Waals surface area contributed by atoms with Crippen molar-refractivity contribution in [1.82, 2.24) is 0 Å². The van der Waals surface area contributed by atoms with E-state index >= 15 is 0 Å². The minimum absolute atomic E-state index is 0.0852. The number of benzene rings is 2. The number of rotatable bonds is 3. The maximum Gasteiger partial charge on any atom is 0.262 e. The molecule has 0 aliphatic carbocycles. The monoisotopic (exact) mass is 346 g/mol. The molecule has 0 fully saturated rings. The van der Waals surface area contributed by atoms with Gasteiger partial charge in [-0.25, -0.2) is 0 Å². The van der Waals surface area contributed by atoms with Crippen molar-refractivity contribution in [2.24, 2.45) is 0 Å². The molecule has 0 atom stereocenters. The van der Waals surface area contributed by atoms with Crippen LogP contribution in [0.2, 0.25) is 0 Å². The Morgan fingerprint density at radius 1 is 1.33 bits per heavy atom. The molecule has 2 N–H and O–H groups in total. The molecule has 4 nitrogen and oxygen atoms in total. The van der Waals surface area contributed by atoms with Crippen LogP contribution in [0.3, 0.4) is 0 Å². The largest absolute Gasteiger partial charge is 0.482 e. The summed E-state index contributed by atoms with van der Waals surface area (Å²) in [6.45, 7) is 2.83. The molecule has 0 spiro atoms. The summed E-state index contributed by atoms with van der Waals surface area (Å²) < 4.78 is 6.43. The van der Waals surface area contributed by atoms with Crippen LogP contribution < -0.4 is 15.4 Å². The first-order valence-corrected chi connectivity index (χ1v) is 7.47. The average molecular weight is 347 g/mol. The first-order valence-electron chi connectivity index (χ1n) is 6.68. The Kier molecular flexibility index (Phi) is 3.84. The zero-order valence-electron chi connectivity index (χ0n) is 11.6. The number of amides is 1. The van der Waals surface area contributed by atoms with Crippen LogP contribution in [-0.4, -0.2) is 12.5 Å². The van der Waals surface area contributed by atoms with Crippen LogP contribution in [0.25, 0.3) is 0 Å². The maximum atomic E-state index is 11.3. The van der Waals surface area contributed by atoms with E-state index in [9.17, 15) is 4.79 Å². The van der Waals surface area contributed by atoms with E-state index < -0.39 is 0 Å². The third-order valence-electron chi connectivity index (χ3n) is 3.43. The number of carbonyl (C=O) groups is 1. The molecule has 1 aliphatic rings. The SMILES string of the molecule is Cc1c(Br)cccc1NCc1ccc2c(c1)NC(=O)CO2. The standard InChI is InChI=1S/C16H15BrN2O2/c1-10-12(17)3-2-4-13(10)18-8-11-5-6-15-14(7-11)19-16(20)9-21-15/h2-7,18H,8-9H2,1H3,(H,19,20). The van der Waals surface area contributed by atoms with Crippen molar-refractivity contribution in [3.05, 3.63) is 52.0 Å². The topological polar surface area (TPSA) is 50.4 Å². The summed E-state index contributed by atoms with van der Waals surface area (Å²) in [7, 11) is 0. The van der Waals surface area contributed by atoms with Gasteiger partial charge in [0.1, 0.15) is 5.75 Å². The molecule has 0 bridgehead atoms. The molecule has 21 heavy (non-hydrogen) atoms. The number of hydrogen-bond acceptors (Lipinski definition) is 3. The third kappa shape index (κ3) is 3.03. The Morgan fingerprint density at radius 2 is 2.19 bits per heavy atom. The van der Waals surface area contributed by atoms with E-state index in [-0.39, 0.29) is 12.5 Å². The van der Waals surface area contributed by atoms with Crippen LogP contribution in [0.4, 0.5) is 11.4 Å². The molecule has 5 heteroatoms. The lowest BCUT2D eigenvalue weighted by Crippen LogP contribution is -2.25. The van der Waals surface area contributed by atoms with Crippen molar-refractivity contribution < 1.29 is 9.53 Å². The smallest absolute Gasteiger partial charge is 0.262 e. The second kappa shape index (κ2) is 5.77. The number of hydrogen-bond donors (Lipinski definition) is 2. The minimum Gasteiger partial charge on any atom is -0.482 e. The van der Waals surface area contributed by atoms with Gasteiger partial charge in [0.15, 0.2) is 6.61 Å². The maximum absolute atomic E-state index is 11.3. The van der Waals surface area contributed by atoms with Crippen LogP contribution in [-0.2, 0) is 11.3 Å². The summed E-state index contributed by atoms with van der Waals surface area (Å²) in [5.41, 5.74) is 4.07. The van der Waals surface area contributed by atoms with Gasteiger partial charge >= 0.3 is 0 Å². The molecule has 1 amide bonds. The minimum atomic E-state index is -0.115. The van der Waals surface area contributed by atoms with Gasteiger partial charge in [-0.1, -0.05) is 28.1 Å². The number of nitrogens with one attached hydrogen (secondary N) is 2. The quantitative estimate of drug-likeness (QED) is 0.890. The lowest BCUT2D eigenvalue weighted by atomic mass is 10.1. The van der Waals surface area contributed by atoms with E-state index in [4.69, 9.17) is 4.74 Å². The highest BCUT2D eigenvalue weighted by Crippen LogP contribution is 2.29. The van der Waals surface area contributed by atoms with E-state index in [1.54, 1.807) is 0 Å². The van der Waals surface area contributed by atoms with Gasteiger partial charge in [-0.15, -0.1) is 0 Å². The van der Waals surface area contributed by atoms with Gasteiger partial charge in [0, 0.05) is 16.7 Å². The fraction of sp³-hybridized carbons (Fsp3) is 0.188. The van der Waals surface area contributed by atoms with Crippen LogP contribution in [0.1, 0.15) is 11.1 Å².